The molecule has 0 fully saturated rings. The highest BCUT2D eigenvalue weighted by atomic mass is 32.2. The number of H-pyrrole nitrogens is 1. The zero-order valence-electron chi connectivity index (χ0n) is 14.5. The maximum absolute atomic E-state index is 5.35. The van der Waals surface area contributed by atoms with Crippen LogP contribution in [-0.4, -0.2) is 32.4 Å². The Bertz CT molecular complexity index is 799. The van der Waals surface area contributed by atoms with Gasteiger partial charge in [-0.1, -0.05) is 30.3 Å². The molecule has 0 aliphatic carbocycles. The Balaban J connectivity index is 1.64. The number of ether oxygens (including phenoxy) is 1. The van der Waals surface area contributed by atoms with Crippen molar-refractivity contribution in [1.29, 1.82) is 0 Å². The monoisotopic (exact) mass is 359 g/mol. The minimum Gasteiger partial charge on any atom is -0.497 e. The van der Waals surface area contributed by atoms with Crippen LogP contribution >= 0.6 is 11.8 Å². The topological polar surface area (TPSA) is 89.7 Å². The van der Waals surface area contributed by atoms with Crippen molar-refractivity contribution in [2.45, 2.75) is 43.5 Å². The number of aryl methyl sites for hydroxylation is 1. The minimum atomic E-state index is -0.0117. The lowest BCUT2D eigenvalue weighted by Crippen LogP contribution is -1.92. The van der Waals surface area contributed by atoms with Crippen LogP contribution in [0.1, 0.15) is 43.7 Å². The Morgan fingerprint density at radius 2 is 2.04 bits per heavy atom. The third-order valence-electron chi connectivity index (χ3n) is 3.70. The van der Waals surface area contributed by atoms with Gasteiger partial charge in [0.1, 0.15) is 5.75 Å². The molecule has 1 unspecified atom stereocenters. The fourth-order valence-corrected chi connectivity index (χ4v) is 3.01. The number of benzene rings is 1. The average molecular weight is 359 g/mol. The molecule has 2 heterocycles. The molecule has 3 rings (SSSR count). The van der Waals surface area contributed by atoms with Crippen molar-refractivity contribution >= 4 is 11.8 Å². The second-order valence-corrected chi connectivity index (χ2v) is 6.92. The molecule has 0 radical (unpaired) electrons. The molecule has 1 N–H and O–H groups in total. The van der Waals surface area contributed by atoms with Crippen molar-refractivity contribution in [3.63, 3.8) is 0 Å². The molecule has 0 aliphatic rings. The first kappa shape index (κ1) is 17.5. The zero-order valence-corrected chi connectivity index (χ0v) is 15.3. The second kappa shape index (κ2) is 8.15. The van der Waals surface area contributed by atoms with Crippen molar-refractivity contribution in [3.05, 3.63) is 36.0 Å². The van der Waals surface area contributed by atoms with Crippen molar-refractivity contribution in [1.82, 2.24) is 25.3 Å². The molecular formula is C17H21N5O2S. The number of thioether (sulfide) groups is 1. The van der Waals surface area contributed by atoms with Crippen molar-refractivity contribution in [2.24, 2.45) is 0 Å². The summed E-state index contributed by atoms with van der Waals surface area (Å²) in [4.78, 5) is 8.97. The first-order valence-corrected chi connectivity index (χ1v) is 9.13. The predicted octanol–water partition coefficient (Wildman–Crippen LogP) is 4.06. The number of aromatic nitrogens is 5. The van der Waals surface area contributed by atoms with Crippen LogP contribution in [0.5, 0.6) is 5.75 Å². The summed E-state index contributed by atoms with van der Waals surface area (Å²) in [5, 5.41) is 11.9. The van der Waals surface area contributed by atoms with E-state index in [1.165, 1.54) is 11.8 Å². The van der Waals surface area contributed by atoms with Crippen LogP contribution in [0, 0.1) is 0 Å². The maximum atomic E-state index is 5.35. The van der Waals surface area contributed by atoms with Gasteiger partial charge in [0.2, 0.25) is 11.0 Å². The Kier molecular flexibility index (Phi) is 5.70. The summed E-state index contributed by atoms with van der Waals surface area (Å²) in [6, 6.07) is 7.66. The molecule has 132 valence electrons. The first-order chi connectivity index (χ1) is 12.2. The van der Waals surface area contributed by atoms with Crippen molar-refractivity contribution in [2.75, 3.05) is 7.11 Å². The number of rotatable bonds is 8. The summed E-state index contributed by atoms with van der Waals surface area (Å²) in [7, 11) is 1.64. The molecule has 0 aliphatic heterocycles. The summed E-state index contributed by atoms with van der Waals surface area (Å²) >= 11 is 1.48. The fraction of sp³-hybridized carbons (Fsp3) is 0.412. The zero-order chi connectivity index (χ0) is 17.6. The van der Waals surface area contributed by atoms with Crippen LogP contribution in [0.15, 0.2) is 33.9 Å². The molecule has 8 heteroatoms. The van der Waals surface area contributed by atoms with Gasteiger partial charge in [0, 0.05) is 12.0 Å². The summed E-state index contributed by atoms with van der Waals surface area (Å²) in [6.45, 7) is 4.15. The third kappa shape index (κ3) is 4.39. The number of nitrogens with zero attached hydrogens (tertiary/aromatic N) is 4. The van der Waals surface area contributed by atoms with E-state index in [2.05, 4.69) is 32.2 Å². The molecule has 0 amide bonds. The number of nitrogens with one attached hydrogen (secondary N) is 1. The van der Waals surface area contributed by atoms with Crippen LogP contribution in [0.2, 0.25) is 0 Å². The number of methoxy groups -OCH3 is 1. The smallest absolute Gasteiger partial charge is 0.239 e. The third-order valence-corrected chi connectivity index (χ3v) is 4.64. The number of unbranched alkanes of at least 4 members (excludes halogenated alkanes) is 1. The van der Waals surface area contributed by atoms with Gasteiger partial charge in [-0.25, -0.2) is 4.98 Å². The largest absolute Gasteiger partial charge is 0.497 e. The molecule has 1 atom stereocenters. The Morgan fingerprint density at radius 3 is 2.76 bits per heavy atom. The number of aromatic amines is 1. The molecule has 0 saturated carbocycles. The minimum absolute atomic E-state index is 0.0117. The van der Waals surface area contributed by atoms with Gasteiger partial charge in [0.05, 0.1) is 12.4 Å². The lowest BCUT2D eigenvalue weighted by Gasteiger charge is -2.01. The van der Waals surface area contributed by atoms with E-state index in [4.69, 9.17) is 9.26 Å². The highest BCUT2D eigenvalue weighted by Crippen LogP contribution is 2.32. The Labute approximate surface area is 150 Å². The summed E-state index contributed by atoms with van der Waals surface area (Å²) in [6.07, 6.45) is 3.02. The van der Waals surface area contributed by atoms with E-state index in [0.29, 0.717) is 16.9 Å². The molecule has 3 aromatic rings. The second-order valence-electron chi connectivity index (χ2n) is 5.61. The van der Waals surface area contributed by atoms with Gasteiger partial charge in [-0.05, 0) is 37.6 Å². The summed E-state index contributed by atoms with van der Waals surface area (Å²) in [5.74, 6) is 2.89. The van der Waals surface area contributed by atoms with E-state index in [1.807, 2.05) is 31.2 Å². The molecule has 0 spiro atoms. The normalized spacial score (nSPS) is 12.3. The van der Waals surface area contributed by atoms with E-state index in [0.717, 1.165) is 36.4 Å². The molecule has 25 heavy (non-hydrogen) atoms. The van der Waals surface area contributed by atoms with Crippen LogP contribution in [0.3, 0.4) is 0 Å². The Hall–Kier alpha value is -2.35. The van der Waals surface area contributed by atoms with E-state index in [9.17, 15) is 0 Å². The molecule has 1 aromatic carbocycles. The van der Waals surface area contributed by atoms with Gasteiger partial charge in [-0.3, -0.25) is 5.10 Å². The van der Waals surface area contributed by atoms with Crippen LogP contribution in [0.4, 0.5) is 0 Å². The van der Waals surface area contributed by atoms with Crippen LogP contribution in [-0.2, 0) is 6.42 Å². The van der Waals surface area contributed by atoms with E-state index in [1.54, 1.807) is 7.11 Å². The van der Waals surface area contributed by atoms with Gasteiger partial charge in [-0.15, -0.1) is 5.10 Å². The SMILES string of the molecule is CCCCc1noc(C(C)Sc2n[nH]c(-c3ccc(OC)cc3)n2)n1. The standard InChI is InChI=1S/C17H21N5O2S/c1-4-5-6-14-18-16(24-22-14)11(2)25-17-19-15(20-21-17)12-7-9-13(23-3)10-8-12/h7-11H,4-6H2,1-3H3,(H,19,20,21). The highest BCUT2D eigenvalue weighted by molar-refractivity contribution is 7.99. The van der Waals surface area contributed by atoms with E-state index < -0.39 is 0 Å². The number of hydrogen-bond acceptors (Lipinski definition) is 7. The quantitative estimate of drug-likeness (QED) is 0.607. The fourth-order valence-electron chi connectivity index (χ4n) is 2.25. The highest BCUT2D eigenvalue weighted by Gasteiger charge is 2.18. The average Bonchev–Trinajstić information content (AvgIpc) is 3.29. The molecular weight excluding hydrogens is 338 g/mol. The van der Waals surface area contributed by atoms with Crippen LogP contribution < -0.4 is 4.74 Å². The van der Waals surface area contributed by atoms with Gasteiger partial charge in [0.15, 0.2) is 11.6 Å². The van der Waals surface area contributed by atoms with Crippen molar-refractivity contribution < 1.29 is 9.26 Å². The van der Waals surface area contributed by atoms with Crippen LogP contribution in [0.25, 0.3) is 11.4 Å². The summed E-state index contributed by atoms with van der Waals surface area (Å²) < 4.78 is 10.5. The van der Waals surface area contributed by atoms with E-state index in [-0.39, 0.29) is 5.25 Å². The first-order valence-electron chi connectivity index (χ1n) is 8.25. The van der Waals surface area contributed by atoms with Gasteiger partial charge < -0.3 is 9.26 Å². The molecule has 0 saturated heterocycles. The molecule has 7 nitrogen and oxygen atoms in total. The van der Waals surface area contributed by atoms with Gasteiger partial charge >= 0.3 is 0 Å². The maximum Gasteiger partial charge on any atom is 0.239 e. The lowest BCUT2D eigenvalue weighted by molar-refractivity contribution is 0.374. The van der Waals surface area contributed by atoms with Gasteiger partial charge in [-0.2, -0.15) is 4.98 Å². The molecule has 0 bridgehead atoms. The van der Waals surface area contributed by atoms with E-state index >= 15 is 0 Å². The lowest BCUT2D eigenvalue weighted by atomic mass is 10.2. The predicted molar refractivity (Wildman–Crippen MR) is 95.6 cm³/mol. The van der Waals surface area contributed by atoms with Crippen molar-refractivity contribution in [3.8, 4) is 17.1 Å². The summed E-state index contributed by atoms with van der Waals surface area (Å²) in [5.41, 5.74) is 0.951. The number of hydrogen-bond donors (Lipinski definition) is 1. The van der Waals surface area contributed by atoms with Gasteiger partial charge in [0.25, 0.3) is 0 Å². The molecule has 2 aromatic heterocycles. The Morgan fingerprint density at radius 1 is 1.24 bits per heavy atom.